The Morgan fingerprint density at radius 3 is 2.39 bits per heavy atom. The fourth-order valence-corrected chi connectivity index (χ4v) is 1.70. The highest BCUT2D eigenvalue weighted by molar-refractivity contribution is 6.05. The van der Waals surface area contributed by atoms with E-state index in [4.69, 9.17) is 0 Å². The Kier molecular flexibility index (Phi) is 3.33. The van der Waals surface area contributed by atoms with Crippen LogP contribution < -0.4 is 5.32 Å². The zero-order valence-corrected chi connectivity index (χ0v) is 10.4. The molecule has 2 rings (SSSR count). The number of carbonyl (C=O) groups is 1. The summed E-state index contributed by atoms with van der Waals surface area (Å²) in [5.41, 5.74) is 2.95. The van der Waals surface area contributed by atoms with Gasteiger partial charge in [-0.2, -0.15) is 0 Å². The Bertz CT molecular complexity index is 574. The lowest BCUT2D eigenvalue weighted by atomic mass is 10.1. The highest BCUT2D eigenvalue weighted by Gasteiger charge is 2.11. The minimum Gasteiger partial charge on any atom is -0.508 e. The van der Waals surface area contributed by atoms with E-state index < -0.39 is 0 Å². The van der Waals surface area contributed by atoms with E-state index in [1.165, 1.54) is 0 Å². The van der Waals surface area contributed by atoms with Crippen LogP contribution in [-0.4, -0.2) is 11.0 Å². The molecule has 0 aliphatic carbocycles. The molecule has 1 amide bonds. The van der Waals surface area contributed by atoms with Gasteiger partial charge in [-0.3, -0.25) is 4.79 Å². The molecule has 2 aromatic rings. The highest BCUT2D eigenvalue weighted by Crippen LogP contribution is 2.20. The highest BCUT2D eigenvalue weighted by atomic mass is 16.3. The largest absolute Gasteiger partial charge is 0.508 e. The van der Waals surface area contributed by atoms with Crippen LogP contribution in [0.5, 0.6) is 5.75 Å². The molecular formula is C15H15NO2. The van der Waals surface area contributed by atoms with Crippen molar-refractivity contribution in [2.75, 3.05) is 5.32 Å². The summed E-state index contributed by atoms with van der Waals surface area (Å²) in [6.07, 6.45) is 0. The van der Waals surface area contributed by atoms with Crippen molar-refractivity contribution in [3.05, 3.63) is 59.2 Å². The van der Waals surface area contributed by atoms with Gasteiger partial charge in [-0.15, -0.1) is 0 Å². The molecule has 2 N–H and O–H groups in total. The molecule has 0 heterocycles. The quantitative estimate of drug-likeness (QED) is 0.847. The number of hydrogen-bond acceptors (Lipinski definition) is 2. The lowest BCUT2D eigenvalue weighted by Crippen LogP contribution is -2.13. The molecule has 3 heteroatoms. The van der Waals surface area contributed by atoms with Gasteiger partial charge in [0.05, 0.1) is 0 Å². The van der Waals surface area contributed by atoms with Gasteiger partial charge in [0.25, 0.3) is 5.91 Å². The average molecular weight is 241 g/mol. The van der Waals surface area contributed by atoms with Crippen LogP contribution in [0, 0.1) is 13.8 Å². The number of hydrogen-bond donors (Lipinski definition) is 2. The first-order chi connectivity index (χ1) is 8.58. The van der Waals surface area contributed by atoms with E-state index in [0.717, 1.165) is 11.3 Å². The number of rotatable bonds is 2. The standard InChI is InChI=1S/C15H15NO2/c1-10-6-8-12(9-7-10)16-15(18)13-4-3-5-14(17)11(13)2/h3-9,17H,1-2H3,(H,16,18). The molecule has 3 nitrogen and oxygen atoms in total. The number of aryl methyl sites for hydroxylation is 1. The van der Waals surface area contributed by atoms with Gasteiger partial charge in [0.1, 0.15) is 5.75 Å². The second-order valence-electron chi connectivity index (χ2n) is 4.27. The molecule has 0 aromatic heterocycles. The van der Waals surface area contributed by atoms with Crippen LogP contribution in [0.4, 0.5) is 5.69 Å². The molecule has 0 aliphatic rings. The van der Waals surface area contributed by atoms with Crippen molar-refractivity contribution >= 4 is 11.6 Å². The molecule has 0 radical (unpaired) electrons. The lowest BCUT2D eigenvalue weighted by molar-refractivity contribution is 0.102. The summed E-state index contributed by atoms with van der Waals surface area (Å²) < 4.78 is 0. The normalized spacial score (nSPS) is 10.1. The average Bonchev–Trinajstić information content (AvgIpc) is 2.35. The van der Waals surface area contributed by atoms with Crippen LogP contribution in [0.3, 0.4) is 0 Å². The Labute approximate surface area is 106 Å². The Hall–Kier alpha value is -2.29. The van der Waals surface area contributed by atoms with E-state index in [9.17, 15) is 9.90 Å². The lowest BCUT2D eigenvalue weighted by Gasteiger charge is -2.08. The van der Waals surface area contributed by atoms with E-state index in [2.05, 4.69) is 5.32 Å². The molecule has 0 saturated heterocycles. The van der Waals surface area contributed by atoms with Gasteiger partial charge in [0, 0.05) is 16.8 Å². The fourth-order valence-electron chi connectivity index (χ4n) is 1.70. The third kappa shape index (κ3) is 2.51. The monoisotopic (exact) mass is 241 g/mol. The van der Waals surface area contributed by atoms with Crippen molar-refractivity contribution in [1.82, 2.24) is 0 Å². The number of benzene rings is 2. The first kappa shape index (κ1) is 12.2. The van der Waals surface area contributed by atoms with Gasteiger partial charge >= 0.3 is 0 Å². The van der Waals surface area contributed by atoms with E-state index in [-0.39, 0.29) is 11.7 Å². The summed E-state index contributed by atoms with van der Waals surface area (Å²) in [5.74, 6) is -0.0844. The molecule has 0 fully saturated rings. The SMILES string of the molecule is Cc1ccc(NC(=O)c2cccc(O)c2C)cc1. The van der Waals surface area contributed by atoms with Crippen molar-refractivity contribution in [1.29, 1.82) is 0 Å². The van der Waals surface area contributed by atoms with E-state index in [1.54, 1.807) is 25.1 Å². The van der Waals surface area contributed by atoms with Crippen LogP contribution in [0.1, 0.15) is 21.5 Å². The smallest absolute Gasteiger partial charge is 0.256 e. The van der Waals surface area contributed by atoms with Crippen LogP contribution in [0.15, 0.2) is 42.5 Å². The van der Waals surface area contributed by atoms with Crippen LogP contribution in [0.2, 0.25) is 0 Å². The molecule has 0 bridgehead atoms. The summed E-state index contributed by atoms with van der Waals surface area (Å²) in [7, 11) is 0. The van der Waals surface area contributed by atoms with E-state index >= 15 is 0 Å². The van der Waals surface area contributed by atoms with Gasteiger partial charge in [0.2, 0.25) is 0 Å². The van der Waals surface area contributed by atoms with Crippen molar-refractivity contribution in [2.24, 2.45) is 0 Å². The molecule has 0 saturated carbocycles. The fraction of sp³-hybridized carbons (Fsp3) is 0.133. The Morgan fingerprint density at radius 2 is 1.72 bits per heavy atom. The molecular weight excluding hydrogens is 226 g/mol. The molecule has 0 spiro atoms. The molecule has 0 unspecified atom stereocenters. The van der Waals surface area contributed by atoms with Crippen molar-refractivity contribution in [2.45, 2.75) is 13.8 Å². The van der Waals surface area contributed by atoms with Crippen molar-refractivity contribution in [3.63, 3.8) is 0 Å². The van der Waals surface area contributed by atoms with Gasteiger partial charge in [-0.25, -0.2) is 0 Å². The summed E-state index contributed by atoms with van der Waals surface area (Å²) in [6.45, 7) is 3.71. The number of phenolic OH excluding ortho intramolecular Hbond substituents is 1. The number of amides is 1. The molecule has 2 aromatic carbocycles. The maximum Gasteiger partial charge on any atom is 0.256 e. The van der Waals surface area contributed by atoms with Crippen LogP contribution in [0.25, 0.3) is 0 Å². The van der Waals surface area contributed by atoms with E-state index in [0.29, 0.717) is 11.1 Å². The zero-order chi connectivity index (χ0) is 13.1. The van der Waals surface area contributed by atoms with Gasteiger partial charge in [-0.1, -0.05) is 23.8 Å². The first-order valence-corrected chi connectivity index (χ1v) is 5.74. The number of anilines is 1. The number of aromatic hydroxyl groups is 1. The number of phenols is 1. The number of carbonyl (C=O) groups excluding carboxylic acids is 1. The minimum atomic E-state index is -0.216. The molecule has 0 atom stereocenters. The molecule has 92 valence electrons. The number of nitrogens with one attached hydrogen (secondary N) is 1. The summed E-state index contributed by atoms with van der Waals surface area (Å²) in [4.78, 5) is 12.0. The van der Waals surface area contributed by atoms with Gasteiger partial charge in [0.15, 0.2) is 0 Å². The van der Waals surface area contributed by atoms with Gasteiger partial charge < -0.3 is 10.4 Å². The first-order valence-electron chi connectivity index (χ1n) is 5.74. The Balaban J connectivity index is 2.22. The predicted molar refractivity (Wildman–Crippen MR) is 72.0 cm³/mol. The third-order valence-electron chi connectivity index (χ3n) is 2.86. The maximum atomic E-state index is 12.0. The summed E-state index contributed by atoms with van der Waals surface area (Å²) >= 11 is 0. The minimum absolute atomic E-state index is 0.131. The third-order valence-corrected chi connectivity index (χ3v) is 2.86. The molecule has 18 heavy (non-hydrogen) atoms. The van der Waals surface area contributed by atoms with Crippen molar-refractivity contribution in [3.8, 4) is 5.75 Å². The van der Waals surface area contributed by atoms with E-state index in [1.807, 2.05) is 31.2 Å². The van der Waals surface area contributed by atoms with Crippen molar-refractivity contribution < 1.29 is 9.90 Å². The van der Waals surface area contributed by atoms with Crippen LogP contribution in [-0.2, 0) is 0 Å². The van der Waals surface area contributed by atoms with Crippen LogP contribution >= 0.6 is 0 Å². The zero-order valence-electron chi connectivity index (χ0n) is 10.4. The summed E-state index contributed by atoms with van der Waals surface area (Å²) in [5, 5.41) is 12.4. The predicted octanol–water partition coefficient (Wildman–Crippen LogP) is 3.26. The summed E-state index contributed by atoms with van der Waals surface area (Å²) in [6, 6.07) is 12.5. The second kappa shape index (κ2) is 4.92. The van der Waals surface area contributed by atoms with Gasteiger partial charge in [-0.05, 0) is 38.1 Å². The topological polar surface area (TPSA) is 49.3 Å². The molecule has 0 aliphatic heterocycles. The Morgan fingerprint density at radius 1 is 1.06 bits per heavy atom. The second-order valence-corrected chi connectivity index (χ2v) is 4.27. The maximum absolute atomic E-state index is 12.0.